The Morgan fingerprint density at radius 3 is 2.17 bits per heavy atom. The lowest BCUT2D eigenvalue weighted by atomic mass is 9.82. The highest BCUT2D eigenvalue weighted by Gasteiger charge is 2.36. The Morgan fingerprint density at radius 1 is 0.600 bits per heavy atom. The molecule has 7 rings (SSSR count). The van der Waals surface area contributed by atoms with Crippen LogP contribution < -0.4 is 5.32 Å². The number of para-hydroxylation sites is 1. The Bertz CT molecular complexity index is 1740. The number of fused-ring (bicyclic) bond motifs is 6. The van der Waals surface area contributed by atoms with E-state index in [-0.39, 0.29) is 5.41 Å². The van der Waals surface area contributed by atoms with Crippen LogP contribution in [0.4, 0.5) is 11.4 Å². The summed E-state index contributed by atoms with van der Waals surface area (Å²) in [6, 6.07) is 38.7. The predicted molar refractivity (Wildman–Crippen MR) is 146 cm³/mol. The zero-order chi connectivity index (χ0) is 23.6. The average molecular weight is 452 g/mol. The summed E-state index contributed by atoms with van der Waals surface area (Å²) in [7, 11) is 0. The molecule has 0 bridgehead atoms. The minimum absolute atomic E-state index is 0.000472. The zero-order valence-electron chi connectivity index (χ0n) is 19.8. The molecule has 1 N–H and O–H groups in total. The third-order valence-corrected chi connectivity index (χ3v) is 7.49. The Kier molecular flexibility index (Phi) is 4.22. The van der Waals surface area contributed by atoms with Crippen LogP contribution in [0, 0.1) is 0 Å². The van der Waals surface area contributed by atoms with Crippen LogP contribution in [0.25, 0.3) is 44.2 Å². The smallest absolute Gasteiger partial charge is 0.136 e. The van der Waals surface area contributed by atoms with Crippen molar-refractivity contribution >= 4 is 33.3 Å². The molecule has 1 aliphatic carbocycles. The summed E-state index contributed by atoms with van der Waals surface area (Å²) >= 11 is 0. The highest BCUT2D eigenvalue weighted by atomic mass is 16.3. The normalized spacial score (nSPS) is 13.7. The van der Waals surface area contributed by atoms with Crippen molar-refractivity contribution in [3.8, 4) is 22.3 Å². The summed E-state index contributed by atoms with van der Waals surface area (Å²) in [5, 5.41) is 6.03. The lowest BCUT2D eigenvalue weighted by Gasteiger charge is -2.21. The summed E-state index contributed by atoms with van der Waals surface area (Å²) in [6.45, 7) is 4.63. The summed E-state index contributed by atoms with van der Waals surface area (Å²) < 4.78 is 6.09. The van der Waals surface area contributed by atoms with Gasteiger partial charge < -0.3 is 9.73 Å². The number of hydrogen-bond donors (Lipinski definition) is 1. The lowest BCUT2D eigenvalue weighted by molar-refractivity contribution is 0.660. The van der Waals surface area contributed by atoms with Gasteiger partial charge in [0.2, 0.25) is 0 Å². The van der Waals surface area contributed by atoms with Crippen LogP contribution >= 0.6 is 0 Å². The quantitative estimate of drug-likeness (QED) is 0.290. The minimum atomic E-state index is -0.000472. The van der Waals surface area contributed by atoms with Crippen LogP contribution in [0.3, 0.4) is 0 Å². The first kappa shape index (κ1) is 20.1. The molecule has 0 fully saturated rings. The number of benzene rings is 5. The van der Waals surface area contributed by atoms with E-state index >= 15 is 0 Å². The van der Waals surface area contributed by atoms with Gasteiger partial charge in [0.25, 0.3) is 0 Å². The van der Waals surface area contributed by atoms with Crippen molar-refractivity contribution in [3.05, 3.63) is 120 Å². The maximum Gasteiger partial charge on any atom is 0.136 e. The van der Waals surface area contributed by atoms with Crippen LogP contribution in [0.1, 0.15) is 25.0 Å². The van der Waals surface area contributed by atoms with Gasteiger partial charge in [-0.1, -0.05) is 92.7 Å². The van der Waals surface area contributed by atoms with Gasteiger partial charge in [0.05, 0.1) is 0 Å². The minimum Gasteiger partial charge on any atom is -0.456 e. The maximum atomic E-state index is 6.09. The summed E-state index contributed by atoms with van der Waals surface area (Å²) in [5.74, 6) is 0. The number of rotatable bonds is 3. The van der Waals surface area contributed by atoms with Crippen molar-refractivity contribution in [1.82, 2.24) is 0 Å². The molecule has 0 unspecified atom stereocenters. The van der Waals surface area contributed by atoms with Crippen LogP contribution in [-0.2, 0) is 5.41 Å². The van der Waals surface area contributed by atoms with Gasteiger partial charge in [-0.15, -0.1) is 0 Å². The third-order valence-electron chi connectivity index (χ3n) is 7.49. The van der Waals surface area contributed by atoms with Crippen molar-refractivity contribution in [1.29, 1.82) is 0 Å². The largest absolute Gasteiger partial charge is 0.456 e. The van der Waals surface area contributed by atoms with Crippen LogP contribution in [0.2, 0.25) is 0 Å². The van der Waals surface area contributed by atoms with Gasteiger partial charge >= 0.3 is 0 Å². The third kappa shape index (κ3) is 2.96. The van der Waals surface area contributed by atoms with E-state index in [0.717, 1.165) is 27.9 Å². The Labute approximate surface area is 204 Å². The van der Waals surface area contributed by atoms with E-state index in [2.05, 4.69) is 110 Å². The standard InChI is InChI=1S/C33H25NO/c1-33(2)26-12-5-3-9-24(26)32-27(33)13-8-14-28(32)34-22-19-17-21(18-20-22)23-11-7-16-30-31(23)25-10-4-6-15-29(25)35-30/h3-20,34H,1-2H3. The average Bonchev–Trinajstić information content (AvgIpc) is 3.38. The first-order valence-corrected chi connectivity index (χ1v) is 12.1. The highest BCUT2D eigenvalue weighted by Crippen LogP contribution is 2.51. The topological polar surface area (TPSA) is 25.2 Å². The van der Waals surface area contributed by atoms with E-state index in [1.54, 1.807) is 0 Å². The molecule has 1 aromatic heterocycles. The molecule has 0 saturated carbocycles. The number of anilines is 2. The van der Waals surface area contributed by atoms with Gasteiger partial charge in [-0.25, -0.2) is 0 Å². The van der Waals surface area contributed by atoms with Gasteiger partial charge in [0.1, 0.15) is 11.2 Å². The highest BCUT2D eigenvalue weighted by molar-refractivity contribution is 6.12. The molecule has 5 aromatic carbocycles. The van der Waals surface area contributed by atoms with Gasteiger partial charge in [-0.3, -0.25) is 0 Å². The Balaban J connectivity index is 1.28. The SMILES string of the molecule is CC1(C)c2ccccc2-c2c(Nc3ccc(-c4cccc5oc6ccccc6c45)cc3)cccc21. The van der Waals surface area contributed by atoms with Gasteiger partial charge in [-0.05, 0) is 58.1 Å². The Morgan fingerprint density at radius 2 is 1.29 bits per heavy atom. The first-order valence-electron chi connectivity index (χ1n) is 12.1. The maximum absolute atomic E-state index is 6.09. The predicted octanol–water partition coefficient (Wildman–Crippen LogP) is 9.30. The first-order chi connectivity index (χ1) is 17.1. The van der Waals surface area contributed by atoms with Crippen LogP contribution in [0.5, 0.6) is 0 Å². The molecule has 1 heterocycles. The zero-order valence-corrected chi connectivity index (χ0v) is 19.8. The molecule has 0 atom stereocenters. The van der Waals surface area contributed by atoms with E-state index < -0.39 is 0 Å². The molecule has 1 aliphatic rings. The van der Waals surface area contributed by atoms with E-state index in [4.69, 9.17) is 4.42 Å². The van der Waals surface area contributed by atoms with E-state index in [1.165, 1.54) is 38.8 Å². The second-order valence-corrected chi connectivity index (χ2v) is 9.88. The van der Waals surface area contributed by atoms with Crippen molar-refractivity contribution in [2.75, 3.05) is 5.32 Å². The summed E-state index contributed by atoms with van der Waals surface area (Å²) in [5.41, 5.74) is 11.8. The number of nitrogens with one attached hydrogen (secondary N) is 1. The van der Waals surface area contributed by atoms with Gasteiger partial charge in [0.15, 0.2) is 0 Å². The molecule has 2 nitrogen and oxygen atoms in total. The van der Waals surface area contributed by atoms with E-state index in [0.29, 0.717) is 0 Å². The molecule has 0 saturated heterocycles. The molecule has 168 valence electrons. The molecule has 2 heteroatoms. The fraction of sp³-hybridized carbons (Fsp3) is 0.0909. The molecule has 0 aliphatic heterocycles. The summed E-state index contributed by atoms with van der Waals surface area (Å²) in [4.78, 5) is 0. The number of hydrogen-bond acceptors (Lipinski definition) is 2. The van der Waals surface area contributed by atoms with Crippen molar-refractivity contribution < 1.29 is 4.42 Å². The molecule has 0 amide bonds. The molecule has 35 heavy (non-hydrogen) atoms. The van der Waals surface area contributed by atoms with Crippen molar-refractivity contribution in [2.24, 2.45) is 0 Å². The van der Waals surface area contributed by atoms with Crippen LogP contribution in [-0.4, -0.2) is 0 Å². The molecule has 0 spiro atoms. The van der Waals surface area contributed by atoms with E-state index in [1.807, 2.05) is 18.2 Å². The van der Waals surface area contributed by atoms with Gasteiger partial charge in [-0.2, -0.15) is 0 Å². The molecular weight excluding hydrogens is 426 g/mol. The number of furan rings is 1. The van der Waals surface area contributed by atoms with E-state index in [9.17, 15) is 0 Å². The van der Waals surface area contributed by atoms with Crippen LogP contribution in [0.15, 0.2) is 114 Å². The van der Waals surface area contributed by atoms with Crippen molar-refractivity contribution in [2.45, 2.75) is 19.3 Å². The Hall–Kier alpha value is -4.30. The fourth-order valence-corrected chi connectivity index (χ4v) is 5.76. The fourth-order valence-electron chi connectivity index (χ4n) is 5.76. The molecule has 6 aromatic rings. The lowest BCUT2D eigenvalue weighted by Crippen LogP contribution is -2.14. The molecule has 0 radical (unpaired) electrons. The van der Waals surface area contributed by atoms with Crippen molar-refractivity contribution in [3.63, 3.8) is 0 Å². The second kappa shape index (κ2) is 7.35. The molecular formula is C33H25NO. The summed E-state index contributed by atoms with van der Waals surface area (Å²) in [6.07, 6.45) is 0. The van der Waals surface area contributed by atoms with Gasteiger partial charge in [0, 0.05) is 33.1 Å². The monoisotopic (exact) mass is 451 g/mol. The second-order valence-electron chi connectivity index (χ2n) is 9.88.